The van der Waals surface area contributed by atoms with Crippen molar-refractivity contribution < 1.29 is 28.6 Å². The lowest BCUT2D eigenvalue weighted by Gasteiger charge is -2.18. The molecule has 6 nitrogen and oxygen atoms in total. The van der Waals surface area contributed by atoms with E-state index in [0.29, 0.717) is 19.3 Å². The zero-order valence-electron chi connectivity index (χ0n) is 45.2. The van der Waals surface area contributed by atoms with E-state index < -0.39 is 6.10 Å². The normalized spacial score (nSPS) is 12.1. The maximum absolute atomic E-state index is 12.9. The van der Waals surface area contributed by atoms with Crippen molar-refractivity contribution in [1.29, 1.82) is 0 Å². The number of carbonyl (C=O) groups is 3. The minimum Gasteiger partial charge on any atom is -0.462 e. The van der Waals surface area contributed by atoms with Crippen LogP contribution in [0.1, 0.15) is 329 Å². The second-order valence-corrected chi connectivity index (χ2v) is 20.3. The molecule has 67 heavy (non-hydrogen) atoms. The Kier molecular flexibility index (Phi) is 54.7. The molecule has 394 valence electrons. The van der Waals surface area contributed by atoms with Gasteiger partial charge in [0.05, 0.1) is 0 Å². The van der Waals surface area contributed by atoms with E-state index >= 15 is 0 Å². The van der Waals surface area contributed by atoms with Crippen molar-refractivity contribution in [3.8, 4) is 0 Å². The summed E-state index contributed by atoms with van der Waals surface area (Å²) in [6, 6.07) is 0. The van der Waals surface area contributed by atoms with Crippen molar-refractivity contribution >= 4 is 17.9 Å². The van der Waals surface area contributed by atoms with Crippen molar-refractivity contribution in [1.82, 2.24) is 0 Å². The van der Waals surface area contributed by atoms with Crippen LogP contribution in [0.3, 0.4) is 0 Å². The Morgan fingerprint density at radius 1 is 0.284 bits per heavy atom. The summed E-state index contributed by atoms with van der Waals surface area (Å²) >= 11 is 0. The molecule has 0 saturated carbocycles. The van der Waals surface area contributed by atoms with Crippen molar-refractivity contribution in [2.24, 2.45) is 0 Å². The van der Waals surface area contributed by atoms with E-state index in [2.05, 4.69) is 45.1 Å². The number of ether oxygens (including phenoxy) is 3. The predicted molar refractivity (Wildman–Crippen MR) is 289 cm³/mol. The molecule has 0 saturated heterocycles. The van der Waals surface area contributed by atoms with Crippen LogP contribution in [-0.2, 0) is 28.6 Å². The summed E-state index contributed by atoms with van der Waals surface area (Å²) in [5, 5.41) is 0. The summed E-state index contributed by atoms with van der Waals surface area (Å²) in [5.74, 6) is -0.869. The fraction of sp³-hybridized carbons (Fsp3) is 0.885. The predicted octanol–water partition coefficient (Wildman–Crippen LogP) is 19.9. The van der Waals surface area contributed by atoms with E-state index in [1.807, 2.05) is 0 Å². The number of unbranched alkanes of at least 4 members (excludes halogenated alkanes) is 40. The van der Waals surface area contributed by atoms with E-state index in [1.165, 1.54) is 218 Å². The van der Waals surface area contributed by atoms with Gasteiger partial charge < -0.3 is 14.2 Å². The van der Waals surface area contributed by atoms with E-state index in [4.69, 9.17) is 14.2 Å². The largest absolute Gasteiger partial charge is 0.462 e. The highest BCUT2D eigenvalue weighted by molar-refractivity contribution is 5.71. The molecule has 0 aromatic heterocycles. The molecule has 0 heterocycles. The van der Waals surface area contributed by atoms with E-state index in [0.717, 1.165) is 70.6 Å². The number of esters is 3. The molecule has 0 aromatic rings. The van der Waals surface area contributed by atoms with Gasteiger partial charge in [0, 0.05) is 19.3 Å². The first kappa shape index (κ1) is 64.9. The lowest BCUT2D eigenvalue weighted by atomic mass is 10.0. The van der Waals surface area contributed by atoms with E-state index in [-0.39, 0.29) is 31.1 Å². The zero-order chi connectivity index (χ0) is 48.6. The first-order valence-electron chi connectivity index (χ1n) is 29.8. The smallest absolute Gasteiger partial charge is 0.306 e. The monoisotopic (exact) mass is 943 g/mol. The third-order valence-corrected chi connectivity index (χ3v) is 13.4. The average Bonchev–Trinajstić information content (AvgIpc) is 3.33. The topological polar surface area (TPSA) is 78.9 Å². The van der Waals surface area contributed by atoms with Crippen molar-refractivity contribution in [2.75, 3.05) is 13.2 Å². The van der Waals surface area contributed by atoms with Gasteiger partial charge in [0.25, 0.3) is 0 Å². The SMILES string of the molecule is CCCCCCC/C=C\CCCCCCCC(=O)OCC(COC(=O)CCCCCCCCCCCCCCCCCCCCC)OC(=O)CCCCCCC/C=C\CCCCCCCCC. The number of hydrogen-bond donors (Lipinski definition) is 0. The summed E-state index contributed by atoms with van der Waals surface area (Å²) < 4.78 is 16.9. The van der Waals surface area contributed by atoms with Crippen molar-refractivity contribution in [2.45, 2.75) is 335 Å². The number of allylic oxidation sites excluding steroid dienone is 4. The van der Waals surface area contributed by atoms with Gasteiger partial charge in [-0.25, -0.2) is 0 Å². The van der Waals surface area contributed by atoms with Gasteiger partial charge in [0.2, 0.25) is 0 Å². The van der Waals surface area contributed by atoms with Gasteiger partial charge in [-0.15, -0.1) is 0 Å². The van der Waals surface area contributed by atoms with Gasteiger partial charge in [-0.05, 0) is 70.6 Å². The average molecular weight is 944 g/mol. The third-order valence-electron chi connectivity index (χ3n) is 13.4. The molecule has 0 N–H and O–H groups in total. The Hall–Kier alpha value is -2.11. The lowest BCUT2D eigenvalue weighted by molar-refractivity contribution is -0.167. The van der Waals surface area contributed by atoms with Crippen LogP contribution in [-0.4, -0.2) is 37.2 Å². The van der Waals surface area contributed by atoms with Gasteiger partial charge in [-0.1, -0.05) is 263 Å². The summed E-state index contributed by atoms with van der Waals surface area (Å²) in [4.78, 5) is 38.2. The highest BCUT2D eigenvalue weighted by Crippen LogP contribution is 2.17. The maximum atomic E-state index is 12.9. The molecule has 0 fully saturated rings. The van der Waals surface area contributed by atoms with E-state index in [1.54, 1.807) is 0 Å². The van der Waals surface area contributed by atoms with Crippen molar-refractivity contribution in [3.05, 3.63) is 24.3 Å². The summed E-state index contributed by atoms with van der Waals surface area (Å²) in [6.45, 7) is 6.67. The summed E-state index contributed by atoms with van der Waals surface area (Å²) in [5.41, 5.74) is 0. The van der Waals surface area contributed by atoms with Crippen LogP contribution in [0.2, 0.25) is 0 Å². The Balaban J connectivity index is 4.32. The van der Waals surface area contributed by atoms with Crippen LogP contribution in [0.4, 0.5) is 0 Å². The summed E-state index contributed by atoms with van der Waals surface area (Å²) in [7, 11) is 0. The molecule has 1 atom stereocenters. The standard InChI is InChI=1S/C61H114O6/c1-4-7-10-13-16-19-22-25-28-30-31-32-34-36-39-42-45-48-51-54-60(63)66-57-58(56-65-59(62)53-50-47-44-41-38-35-27-24-21-18-15-12-9-6-3)67-61(64)55-52-49-46-43-40-37-33-29-26-23-20-17-14-11-8-5-2/h24,27,29,33,58H,4-23,25-26,28,30-32,34-57H2,1-3H3/b27-24-,33-29-. The van der Waals surface area contributed by atoms with Gasteiger partial charge >= 0.3 is 17.9 Å². The highest BCUT2D eigenvalue weighted by Gasteiger charge is 2.19. The minimum atomic E-state index is -0.775. The second-order valence-electron chi connectivity index (χ2n) is 20.3. The molecule has 0 rings (SSSR count). The molecule has 0 radical (unpaired) electrons. The fourth-order valence-corrected chi connectivity index (χ4v) is 8.91. The van der Waals surface area contributed by atoms with Gasteiger partial charge in [-0.3, -0.25) is 14.4 Å². The minimum absolute atomic E-state index is 0.0727. The number of rotatable bonds is 55. The first-order chi connectivity index (χ1) is 33.0. The quantitative estimate of drug-likeness (QED) is 0.0262. The zero-order valence-corrected chi connectivity index (χ0v) is 45.2. The van der Waals surface area contributed by atoms with Crippen LogP contribution < -0.4 is 0 Å². The van der Waals surface area contributed by atoms with Crippen molar-refractivity contribution in [3.63, 3.8) is 0 Å². The Morgan fingerprint density at radius 2 is 0.493 bits per heavy atom. The van der Waals surface area contributed by atoms with Gasteiger partial charge in [0.1, 0.15) is 13.2 Å². The van der Waals surface area contributed by atoms with Crippen LogP contribution in [0, 0.1) is 0 Å². The van der Waals surface area contributed by atoms with Crippen LogP contribution in [0.5, 0.6) is 0 Å². The lowest BCUT2D eigenvalue weighted by Crippen LogP contribution is -2.30. The second kappa shape index (κ2) is 56.5. The molecule has 6 heteroatoms. The molecular weight excluding hydrogens is 829 g/mol. The molecule has 0 bridgehead atoms. The molecule has 0 aliphatic heterocycles. The Bertz CT molecular complexity index is 1080. The highest BCUT2D eigenvalue weighted by atomic mass is 16.6. The molecule has 0 aliphatic rings. The van der Waals surface area contributed by atoms with E-state index in [9.17, 15) is 14.4 Å². The van der Waals surface area contributed by atoms with Crippen LogP contribution in [0.25, 0.3) is 0 Å². The van der Waals surface area contributed by atoms with Gasteiger partial charge in [0.15, 0.2) is 6.10 Å². The third kappa shape index (κ3) is 54.7. The fourth-order valence-electron chi connectivity index (χ4n) is 8.91. The molecule has 0 aromatic carbocycles. The molecule has 0 amide bonds. The summed E-state index contributed by atoms with van der Waals surface area (Å²) in [6.07, 6.45) is 66.0. The number of carbonyl (C=O) groups excluding carboxylic acids is 3. The maximum Gasteiger partial charge on any atom is 0.306 e. The number of hydrogen-bond acceptors (Lipinski definition) is 6. The Morgan fingerprint density at radius 3 is 0.746 bits per heavy atom. The van der Waals surface area contributed by atoms with Gasteiger partial charge in [-0.2, -0.15) is 0 Å². The molecule has 0 spiro atoms. The molecular formula is C61H114O6. The molecule has 0 aliphatic carbocycles. The Labute approximate surface area is 417 Å². The molecule has 1 unspecified atom stereocenters. The van der Waals surface area contributed by atoms with Crippen LogP contribution >= 0.6 is 0 Å². The van der Waals surface area contributed by atoms with Crippen LogP contribution in [0.15, 0.2) is 24.3 Å². The first-order valence-corrected chi connectivity index (χ1v) is 29.8.